The molecule has 20 heavy (non-hydrogen) atoms. The molecule has 4 nitrogen and oxygen atoms in total. The highest BCUT2D eigenvalue weighted by Crippen LogP contribution is 2.42. The van der Waals surface area contributed by atoms with Gasteiger partial charge in [-0.2, -0.15) is 0 Å². The van der Waals surface area contributed by atoms with Gasteiger partial charge in [-0.15, -0.1) is 0 Å². The van der Waals surface area contributed by atoms with Crippen LogP contribution < -0.4 is 0 Å². The van der Waals surface area contributed by atoms with E-state index in [1.54, 1.807) is 6.08 Å². The van der Waals surface area contributed by atoms with E-state index in [0.29, 0.717) is 17.5 Å². The number of fused-ring (bicyclic) bond motifs is 1. The molecule has 0 amide bonds. The van der Waals surface area contributed by atoms with Gasteiger partial charge in [-0.3, -0.25) is 0 Å². The quantitative estimate of drug-likeness (QED) is 0.756. The molecule has 0 saturated carbocycles. The summed E-state index contributed by atoms with van der Waals surface area (Å²) in [6.45, 7) is 0. The molecule has 1 aliphatic rings. The monoisotopic (exact) mass is 295 g/mol. The summed E-state index contributed by atoms with van der Waals surface area (Å²) in [4.78, 5) is 0. The molecule has 1 aromatic heterocycles. The van der Waals surface area contributed by atoms with Crippen molar-refractivity contribution in [1.82, 2.24) is 4.57 Å². The van der Waals surface area contributed by atoms with Gasteiger partial charge in [-0.1, -0.05) is 23.8 Å². The van der Waals surface area contributed by atoms with E-state index in [-0.39, 0.29) is 28.2 Å². The maximum Gasteiger partial charge on any atom is 0.206 e. The minimum absolute atomic E-state index is 0.137. The topological polar surface area (TPSA) is 65.6 Å². The number of phenolic OH excluding ortho intramolecular Hbond substituents is 1. The van der Waals surface area contributed by atoms with Crippen molar-refractivity contribution in [2.45, 2.75) is 12.8 Å². The van der Waals surface area contributed by atoms with Gasteiger partial charge in [-0.05, 0) is 18.9 Å². The summed E-state index contributed by atoms with van der Waals surface area (Å²) in [5.41, 5.74) is 0.853. The van der Waals surface area contributed by atoms with E-state index >= 15 is 0 Å². The van der Waals surface area contributed by atoms with Crippen LogP contribution in [0.2, 0.25) is 5.02 Å². The van der Waals surface area contributed by atoms with Crippen molar-refractivity contribution in [2.75, 3.05) is 0 Å². The third kappa shape index (κ3) is 1.74. The predicted octanol–water partition coefficient (Wildman–Crippen LogP) is 3.35. The highest BCUT2D eigenvalue weighted by molar-refractivity contribution is 6.32. The molecular weight excluding hydrogens is 285 g/mol. The average Bonchev–Trinajstić information content (AvgIpc) is 2.68. The first-order valence-electron chi connectivity index (χ1n) is 6.01. The molecule has 0 aliphatic heterocycles. The first-order chi connectivity index (χ1) is 9.50. The molecule has 3 rings (SSSR count). The molecular formula is C14H11ClFNO3. The first kappa shape index (κ1) is 12.9. The van der Waals surface area contributed by atoms with Crippen LogP contribution in [0, 0.1) is 5.82 Å². The Balaban J connectivity index is 2.29. The van der Waals surface area contributed by atoms with Crippen molar-refractivity contribution in [3.63, 3.8) is 0 Å². The number of benzene rings is 1. The Labute approximate surface area is 119 Å². The molecule has 2 aromatic rings. The maximum absolute atomic E-state index is 14.0. The average molecular weight is 296 g/mol. The molecule has 0 unspecified atom stereocenters. The van der Waals surface area contributed by atoms with Crippen LogP contribution in [0.4, 0.5) is 4.39 Å². The zero-order valence-corrected chi connectivity index (χ0v) is 11.0. The fourth-order valence-corrected chi connectivity index (χ4v) is 2.54. The number of allylic oxidation sites excluding steroid dienone is 1. The summed E-state index contributed by atoms with van der Waals surface area (Å²) in [5.74, 6) is -1.59. The number of nitrogens with zero attached hydrogens (tertiary/aromatic N) is 1. The zero-order chi connectivity index (χ0) is 14.4. The van der Waals surface area contributed by atoms with Gasteiger partial charge in [0.15, 0.2) is 0 Å². The third-order valence-electron chi connectivity index (χ3n) is 3.36. The normalized spacial score (nSPS) is 13.5. The number of rotatable bonds is 1. The second-order valence-corrected chi connectivity index (χ2v) is 4.98. The minimum atomic E-state index is -0.755. The van der Waals surface area contributed by atoms with Gasteiger partial charge in [0.2, 0.25) is 11.8 Å². The number of phenols is 1. The van der Waals surface area contributed by atoms with E-state index in [0.717, 1.165) is 23.1 Å². The van der Waals surface area contributed by atoms with E-state index in [4.69, 9.17) is 11.6 Å². The molecule has 1 aliphatic carbocycles. The Kier molecular flexibility index (Phi) is 2.87. The van der Waals surface area contributed by atoms with Crippen LogP contribution in [0.1, 0.15) is 17.5 Å². The molecule has 0 bridgehead atoms. The number of halogens is 2. The summed E-state index contributed by atoms with van der Waals surface area (Å²) in [6.07, 6.45) is 4.83. The van der Waals surface area contributed by atoms with E-state index in [1.807, 2.05) is 6.08 Å². The number of aromatic nitrogens is 1. The van der Waals surface area contributed by atoms with Crippen molar-refractivity contribution < 1.29 is 19.7 Å². The van der Waals surface area contributed by atoms with Crippen molar-refractivity contribution in [3.8, 4) is 23.2 Å². The fourth-order valence-electron chi connectivity index (χ4n) is 2.39. The molecule has 0 fully saturated rings. The SMILES string of the molecule is Oc1cc(-n2c(O)c3c(c2O)CCC=C3)c(F)cc1Cl. The Bertz CT molecular complexity index is 737. The molecule has 0 spiro atoms. The summed E-state index contributed by atoms with van der Waals surface area (Å²) in [5, 5.41) is 29.8. The van der Waals surface area contributed by atoms with Gasteiger partial charge < -0.3 is 15.3 Å². The standard InChI is InChI=1S/C14H11ClFNO3/c15-9-5-10(16)11(6-12(9)18)17-13(19)7-3-1-2-4-8(7)14(17)20/h1,3,5-6,18-20H,2,4H2. The Morgan fingerprint density at radius 1 is 1.15 bits per heavy atom. The highest BCUT2D eigenvalue weighted by Gasteiger charge is 2.25. The van der Waals surface area contributed by atoms with Gasteiger partial charge >= 0.3 is 0 Å². The van der Waals surface area contributed by atoms with Crippen molar-refractivity contribution in [2.24, 2.45) is 0 Å². The van der Waals surface area contributed by atoms with E-state index in [9.17, 15) is 19.7 Å². The van der Waals surface area contributed by atoms with Gasteiger partial charge in [0, 0.05) is 17.2 Å². The third-order valence-corrected chi connectivity index (χ3v) is 3.66. The fraction of sp³-hybridized carbons (Fsp3) is 0.143. The largest absolute Gasteiger partial charge is 0.506 e. The van der Waals surface area contributed by atoms with Gasteiger partial charge in [-0.25, -0.2) is 8.96 Å². The molecule has 0 atom stereocenters. The maximum atomic E-state index is 14.0. The Morgan fingerprint density at radius 3 is 2.60 bits per heavy atom. The summed E-state index contributed by atoms with van der Waals surface area (Å²) in [7, 11) is 0. The second-order valence-electron chi connectivity index (χ2n) is 4.57. The lowest BCUT2D eigenvalue weighted by molar-refractivity contribution is 0.396. The van der Waals surface area contributed by atoms with Crippen molar-refractivity contribution >= 4 is 17.7 Å². The molecule has 6 heteroatoms. The van der Waals surface area contributed by atoms with Crippen LogP contribution in [0.15, 0.2) is 18.2 Å². The van der Waals surface area contributed by atoms with E-state index < -0.39 is 5.82 Å². The van der Waals surface area contributed by atoms with Crippen LogP contribution in [-0.2, 0) is 6.42 Å². The lowest BCUT2D eigenvalue weighted by Gasteiger charge is -2.09. The molecule has 1 heterocycles. The molecule has 0 saturated heterocycles. The number of aromatic hydroxyl groups is 3. The summed E-state index contributed by atoms with van der Waals surface area (Å²) >= 11 is 5.62. The first-order valence-corrected chi connectivity index (χ1v) is 6.39. The molecule has 1 aromatic carbocycles. The van der Waals surface area contributed by atoms with Crippen LogP contribution >= 0.6 is 11.6 Å². The zero-order valence-electron chi connectivity index (χ0n) is 10.3. The van der Waals surface area contributed by atoms with Gasteiger partial charge in [0.1, 0.15) is 11.6 Å². The second kappa shape index (κ2) is 4.45. The van der Waals surface area contributed by atoms with Crippen LogP contribution in [0.5, 0.6) is 17.5 Å². The lowest BCUT2D eigenvalue weighted by Crippen LogP contribution is -1.97. The number of hydrogen-bond acceptors (Lipinski definition) is 3. The van der Waals surface area contributed by atoms with Gasteiger partial charge in [0.25, 0.3) is 0 Å². The Hall–Kier alpha value is -2.14. The van der Waals surface area contributed by atoms with E-state index in [2.05, 4.69) is 0 Å². The van der Waals surface area contributed by atoms with E-state index in [1.165, 1.54) is 0 Å². The summed E-state index contributed by atoms with van der Waals surface area (Å²) < 4.78 is 14.9. The summed E-state index contributed by atoms with van der Waals surface area (Å²) in [6, 6.07) is 1.99. The van der Waals surface area contributed by atoms with Crippen molar-refractivity contribution in [3.05, 3.63) is 40.2 Å². The Morgan fingerprint density at radius 2 is 1.90 bits per heavy atom. The van der Waals surface area contributed by atoms with Gasteiger partial charge in [0.05, 0.1) is 10.7 Å². The molecule has 0 radical (unpaired) electrons. The highest BCUT2D eigenvalue weighted by atomic mass is 35.5. The lowest BCUT2D eigenvalue weighted by atomic mass is 10.0. The van der Waals surface area contributed by atoms with Crippen LogP contribution in [0.25, 0.3) is 11.8 Å². The molecule has 104 valence electrons. The number of hydrogen-bond donors (Lipinski definition) is 3. The van der Waals surface area contributed by atoms with Crippen molar-refractivity contribution in [1.29, 1.82) is 0 Å². The van der Waals surface area contributed by atoms with Crippen LogP contribution in [0.3, 0.4) is 0 Å². The van der Waals surface area contributed by atoms with Crippen LogP contribution in [-0.4, -0.2) is 19.9 Å². The predicted molar refractivity (Wildman–Crippen MR) is 73.1 cm³/mol. The smallest absolute Gasteiger partial charge is 0.206 e. The minimum Gasteiger partial charge on any atom is -0.506 e. The molecule has 3 N–H and O–H groups in total.